The Bertz CT molecular complexity index is 539. The molecule has 4 nitrogen and oxygen atoms in total. The van der Waals surface area contributed by atoms with E-state index < -0.39 is 0 Å². The molecule has 2 heterocycles. The zero-order valence-electron chi connectivity index (χ0n) is 12.9. The first-order valence-corrected chi connectivity index (χ1v) is 8.25. The van der Waals surface area contributed by atoms with E-state index in [2.05, 4.69) is 16.0 Å². The van der Waals surface area contributed by atoms with Crippen molar-refractivity contribution >= 4 is 11.6 Å². The first-order valence-electron chi connectivity index (χ1n) is 8.25. The Morgan fingerprint density at radius 1 is 1.23 bits per heavy atom. The molecule has 0 saturated carbocycles. The smallest absolute Gasteiger partial charge is 0.224 e. The maximum absolute atomic E-state index is 14.5. The Labute approximate surface area is 130 Å². The minimum Gasteiger partial charge on any atom is -0.324 e. The van der Waals surface area contributed by atoms with E-state index in [9.17, 15) is 9.18 Å². The molecule has 1 amide bonds. The maximum atomic E-state index is 14.5. The van der Waals surface area contributed by atoms with Crippen LogP contribution < -0.4 is 16.0 Å². The molecule has 1 unspecified atom stereocenters. The normalized spacial score (nSPS) is 21.8. The molecule has 0 aliphatic carbocycles. The second-order valence-electron chi connectivity index (χ2n) is 6.29. The minimum absolute atomic E-state index is 0.0697. The Morgan fingerprint density at radius 2 is 2.14 bits per heavy atom. The van der Waals surface area contributed by atoms with Gasteiger partial charge in [-0.25, -0.2) is 4.39 Å². The number of rotatable bonds is 3. The van der Waals surface area contributed by atoms with Gasteiger partial charge in [-0.2, -0.15) is 0 Å². The van der Waals surface area contributed by atoms with Crippen molar-refractivity contribution in [2.75, 3.05) is 25.0 Å². The van der Waals surface area contributed by atoms with Gasteiger partial charge in [-0.1, -0.05) is 6.07 Å². The standard InChI is InChI=1S/C17H24FN3O/c18-17-14-6-9-20-11-13(14)3-4-15(17)21-16(22)10-12-2-1-7-19-8-5-12/h3-4,12,19-20H,1-2,5-11H2,(H,21,22). The van der Waals surface area contributed by atoms with Gasteiger partial charge in [0.05, 0.1) is 5.69 Å². The van der Waals surface area contributed by atoms with E-state index in [0.29, 0.717) is 31.0 Å². The predicted octanol–water partition coefficient (Wildman–Crippen LogP) is 2.19. The molecular weight excluding hydrogens is 281 g/mol. The molecule has 3 N–H and O–H groups in total. The van der Waals surface area contributed by atoms with Gasteiger partial charge in [0.2, 0.25) is 5.91 Å². The van der Waals surface area contributed by atoms with Crippen molar-refractivity contribution < 1.29 is 9.18 Å². The molecule has 5 heteroatoms. The molecule has 1 aromatic carbocycles. The Hall–Kier alpha value is -1.46. The third-order valence-electron chi connectivity index (χ3n) is 4.65. The van der Waals surface area contributed by atoms with Crippen molar-refractivity contribution in [3.8, 4) is 0 Å². The molecule has 3 rings (SSSR count). The highest BCUT2D eigenvalue weighted by Crippen LogP contribution is 2.25. The maximum Gasteiger partial charge on any atom is 0.224 e. The first-order chi connectivity index (χ1) is 10.7. The van der Waals surface area contributed by atoms with Crippen LogP contribution >= 0.6 is 0 Å². The van der Waals surface area contributed by atoms with Gasteiger partial charge in [0.1, 0.15) is 5.82 Å². The van der Waals surface area contributed by atoms with Crippen LogP contribution in [0.25, 0.3) is 0 Å². The van der Waals surface area contributed by atoms with Crippen LogP contribution in [0, 0.1) is 11.7 Å². The molecule has 0 spiro atoms. The highest BCUT2D eigenvalue weighted by atomic mass is 19.1. The van der Waals surface area contributed by atoms with Crippen molar-refractivity contribution in [3.63, 3.8) is 0 Å². The van der Waals surface area contributed by atoms with Crippen LogP contribution in [-0.4, -0.2) is 25.5 Å². The number of hydrogen-bond acceptors (Lipinski definition) is 3. The summed E-state index contributed by atoms with van der Waals surface area (Å²) in [5, 5.41) is 9.35. The zero-order chi connectivity index (χ0) is 15.4. The van der Waals surface area contributed by atoms with Gasteiger partial charge >= 0.3 is 0 Å². The predicted molar refractivity (Wildman–Crippen MR) is 85.3 cm³/mol. The fourth-order valence-electron chi connectivity index (χ4n) is 3.39. The largest absolute Gasteiger partial charge is 0.324 e. The fraction of sp³-hybridized carbons (Fsp3) is 0.588. The summed E-state index contributed by atoms with van der Waals surface area (Å²) in [5.41, 5.74) is 2.07. The molecule has 120 valence electrons. The van der Waals surface area contributed by atoms with Crippen molar-refractivity contribution in [2.24, 2.45) is 5.92 Å². The van der Waals surface area contributed by atoms with Crippen molar-refractivity contribution in [1.29, 1.82) is 0 Å². The molecule has 2 aliphatic heterocycles. The number of anilines is 1. The summed E-state index contributed by atoms with van der Waals surface area (Å²) in [5.74, 6) is 0.0782. The molecule has 1 atom stereocenters. The van der Waals surface area contributed by atoms with E-state index in [1.54, 1.807) is 6.07 Å². The number of hydrogen-bond donors (Lipinski definition) is 3. The molecular formula is C17H24FN3O. The minimum atomic E-state index is -0.255. The number of carbonyl (C=O) groups excluding carboxylic acids is 1. The van der Waals surface area contributed by atoms with Gasteiger partial charge in [0.15, 0.2) is 0 Å². The van der Waals surface area contributed by atoms with Gasteiger partial charge in [-0.05, 0) is 68.4 Å². The second-order valence-corrected chi connectivity index (χ2v) is 6.29. The number of halogens is 1. The molecule has 1 aromatic rings. The lowest BCUT2D eigenvalue weighted by atomic mass is 9.96. The lowest BCUT2D eigenvalue weighted by Gasteiger charge is -2.20. The van der Waals surface area contributed by atoms with Crippen LogP contribution in [0.2, 0.25) is 0 Å². The van der Waals surface area contributed by atoms with E-state index in [-0.39, 0.29) is 11.7 Å². The van der Waals surface area contributed by atoms with E-state index >= 15 is 0 Å². The highest BCUT2D eigenvalue weighted by Gasteiger charge is 2.19. The van der Waals surface area contributed by atoms with Gasteiger partial charge in [-0.3, -0.25) is 4.79 Å². The third-order valence-corrected chi connectivity index (χ3v) is 4.65. The fourth-order valence-corrected chi connectivity index (χ4v) is 3.39. The van der Waals surface area contributed by atoms with Crippen LogP contribution in [0.5, 0.6) is 0 Å². The van der Waals surface area contributed by atoms with Gasteiger partial charge in [-0.15, -0.1) is 0 Å². The Morgan fingerprint density at radius 3 is 3.05 bits per heavy atom. The molecule has 0 radical (unpaired) electrons. The average molecular weight is 305 g/mol. The highest BCUT2D eigenvalue weighted by molar-refractivity contribution is 5.91. The van der Waals surface area contributed by atoms with Crippen LogP contribution in [-0.2, 0) is 17.8 Å². The van der Waals surface area contributed by atoms with Crippen LogP contribution in [0.3, 0.4) is 0 Å². The number of benzene rings is 1. The summed E-state index contributed by atoms with van der Waals surface area (Å²) in [7, 11) is 0. The van der Waals surface area contributed by atoms with E-state index in [4.69, 9.17) is 0 Å². The quantitative estimate of drug-likeness (QED) is 0.802. The van der Waals surface area contributed by atoms with E-state index in [1.165, 1.54) is 0 Å². The molecule has 1 saturated heterocycles. The lowest BCUT2D eigenvalue weighted by molar-refractivity contribution is -0.117. The average Bonchev–Trinajstić information content (AvgIpc) is 2.79. The summed E-state index contributed by atoms with van der Waals surface area (Å²) < 4.78 is 14.5. The lowest BCUT2D eigenvalue weighted by Crippen LogP contribution is -2.25. The Balaban J connectivity index is 1.63. The number of carbonyl (C=O) groups is 1. The summed E-state index contributed by atoms with van der Waals surface area (Å²) in [6.45, 7) is 3.50. The summed E-state index contributed by atoms with van der Waals surface area (Å²) >= 11 is 0. The molecule has 1 fully saturated rings. The Kier molecular flexibility index (Phi) is 5.05. The van der Waals surface area contributed by atoms with Crippen molar-refractivity contribution in [3.05, 3.63) is 29.1 Å². The number of fused-ring (bicyclic) bond motifs is 1. The van der Waals surface area contributed by atoms with Crippen LogP contribution in [0.1, 0.15) is 36.8 Å². The number of amides is 1. The van der Waals surface area contributed by atoms with Gasteiger partial charge < -0.3 is 16.0 Å². The summed E-state index contributed by atoms with van der Waals surface area (Å²) in [4.78, 5) is 12.2. The molecule has 0 aromatic heterocycles. The van der Waals surface area contributed by atoms with Crippen molar-refractivity contribution in [1.82, 2.24) is 10.6 Å². The summed E-state index contributed by atoms with van der Waals surface area (Å²) in [6.07, 6.45) is 4.36. The molecule has 22 heavy (non-hydrogen) atoms. The van der Waals surface area contributed by atoms with Crippen molar-refractivity contribution in [2.45, 2.75) is 38.6 Å². The monoisotopic (exact) mass is 305 g/mol. The topological polar surface area (TPSA) is 53.2 Å². The van der Waals surface area contributed by atoms with Gasteiger partial charge in [0, 0.05) is 13.0 Å². The van der Waals surface area contributed by atoms with E-state index in [0.717, 1.165) is 50.0 Å². The molecule has 0 bridgehead atoms. The first kappa shape index (κ1) is 15.4. The molecule has 2 aliphatic rings. The second kappa shape index (κ2) is 7.20. The zero-order valence-corrected chi connectivity index (χ0v) is 12.9. The van der Waals surface area contributed by atoms with Crippen LogP contribution in [0.4, 0.5) is 10.1 Å². The van der Waals surface area contributed by atoms with Gasteiger partial charge in [0.25, 0.3) is 0 Å². The third kappa shape index (κ3) is 3.65. The van der Waals surface area contributed by atoms with Crippen LogP contribution in [0.15, 0.2) is 12.1 Å². The summed E-state index contributed by atoms with van der Waals surface area (Å²) in [6, 6.07) is 3.60. The number of nitrogens with one attached hydrogen (secondary N) is 3. The SMILES string of the molecule is O=C(CC1CCCNCC1)Nc1ccc2c(c1F)CCNC2. The van der Waals surface area contributed by atoms with E-state index in [1.807, 2.05) is 6.07 Å².